The molecule has 14 heavy (non-hydrogen) atoms. The molecule has 0 aromatic heterocycles. The van der Waals surface area contributed by atoms with E-state index in [1.807, 2.05) is 0 Å². The molecule has 3 nitrogen and oxygen atoms in total. The van der Waals surface area contributed by atoms with Crippen LogP contribution in [0.2, 0.25) is 0 Å². The predicted molar refractivity (Wildman–Crippen MR) is 50.7 cm³/mol. The smallest absolute Gasteiger partial charge is 0.340 e. The van der Waals surface area contributed by atoms with Crippen molar-refractivity contribution in [1.82, 2.24) is 0 Å². The lowest BCUT2D eigenvalue weighted by molar-refractivity contribution is -0.157. The van der Waals surface area contributed by atoms with Crippen molar-refractivity contribution in [1.29, 1.82) is 0 Å². The van der Waals surface area contributed by atoms with Crippen LogP contribution < -0.4 is 0 Å². The second-order valence-electron chi connectivity index (χ2n) is 2.74. The summed E-state index contributed by atoms with van der Waals surface area (Å²) in [7, 11) is 0.500. The monoisotopic (exact) mass is 200 g/mol. The Hall–Kier alpha value is -1.42. The molecule has 0 aliphatic heterocycles. The second kappa shape index (κ2) is 5.34. The maximum Gasteiger partial charge on any atom is 0.340 e. The van der Waals surface area contributed by atoms with Crippen LogP contribution in [0.5, 0.6) is 0 Å². The number of hydrogen-bond acceptors (Lipinski definition) is 2. The highest BCUT2D eigenvalue weighted by molar-refractivity contribution is 5.78. The number of hydrogen-bond donors (Lipinski definition) is 2. The molecule has 1 rings (SSSR count). The Bertz CT molecular complexity index is 283. The molecule has 0 amide bonds. The minimum Gasteiger partial charge on any atom is -0.479 e. The highest BCUT2D eigenvalue weighted by Crippen LogP contribution is 2.19. The fraction of sp³-hybridized carbons (Fsp3) is 0.300. The fourth-order valence-electron chi connectivity index (χ4n) is 0.886. The molecule has 2 N–H and O–H groups in total. The second-order valence-corrected chi connectivity index (χ2v) is 2.74. The van der Waals surface area contributed by atoms with Gasteiger partial charge in [0.1, 0.15) is 0 Å². The van der Waals surface area contributed by atoms with E-state index in [0.717, 1.165) is 0 Å². The van der Waals surface area contributed by atoms with Crippen molar-refractivity contribution in [2.45, 2.75) is 12.5 Å². The summed E-state index contributed by atoms with van der Waals surface area (Å²) >= 11 is 0. The van der Waals surface area contributed by atoms with Crippen LogP contribution in [0.1, 0.15) is 12.5 Å². The van der Waals surface area contributed by atoms with Crippen molar-refractivity contribution in [3.63, 3.8) is 0 Å². The summed E-state index contributed by atoms with van der Waals surface area (Å²) < 4.78 is 9.50. The molecule has 4 heteroatoms. The van der Waals surface area contributed by atoms with Gasteiger partial charge in [0, 0.05) is 0 Å². The number of benzene rings is 1. The molecule has 1 atom stereocenters. The maximum atomic E-state index is 10.6. The molecule has 0 saturated heterocycles. The number of carboxylic acids is 1. The molecule has 78 valence electrons. The summed E-state index contributed by atoms with van der Waals surface area (Å²) in [6, 6.07) is 8.29. The molecule has 0 bridgehead atoms. The van der Waals surface area contributed by atoms with Crippen molar-refractivity contribution in [2.75, 3.05) is 7.18 Å². The van der Waals surface area contributed by atoms with E-state index in [9.17, 15) is 14.3 Å². The van der Waals surface area contributed by atoms with Gasteiger partial charge >= 0.3 is 5.97 Å². The number of alkyl halides is 1. The number of aliphatic hydroxyl groups is 1. The van der Waals surface area contributed by atoms with Gasteiger partial charge in [0.2, 0.25) is 0 Å². The number of aliphatic carboxylic acids is 1. The van der Waals surface area contributed by atoms with Gasteiger partial charge < -0.3 is 10.2 Å². The molecule has 0 saturated carbocycles. The van der Waals surface area contributed by atoms with Crippen molar-refractivity contribution in [2.24, 2.45) is 0 Å². The van der Waals surface area contributed by atoms with Crippen molar-refractivity contribution in [3.05, 3.63) is 35.9 Å². The lowest BCUT2D eigenvalue weighted by atomic mass is 9.97. The Morgan fingerprint density at radius 1 is 1.29 bits per heavy atom. The van der Waals surface area contributed by atoms with Gasteiger partial charge in [-0.2, -0.15) is 0 Å². The fourth-order valence-corrected chi connectivity index (χ4v) is 0.886. The summed E-state index contributed by atoms with van der Waals surface area (Å²) in [5, 5.41) is 18.1. The quantitative estimate of drug-likeness (QED) is 0.761. The third-order valence-electron chi connectivity index (χ3n) is 1.75. The van der Waals surface area contributed by atoms with Crippen molar-refractivity contribution < 1.29 is 19.4 Å². The predicted octanol–water partition coefficient (Wildman–Crippen LogP) is 1.56. The first-order chi connectivity index (χ1) is 6.55. The highest BCUT2D eigenvalue weighted by Gasteiger charge is 2.31. The van der Waals surface area contributed by atoms with Crippen LogP contribution in [0.15, 0.2) is 30.3 Å². The van der Waals surface area contributed by atoms with Crippen molar-refractivity contribution in [3.8, 4) is 0 Å². The lowest BCUT2D eigenvalue weighted by Gasteiger charge is -2.17. The average molecular weight is 200 g/mol. The molecule has 0 fully saturated rings. The van der Waals surface area contributed by atoms with E-state index in [1.165, 1.54) is 6.92 Å². The maximum absolute atomic E-state index is 10.6. The van der Waals surface area contributed by atoms with E-state index >= 15 is 0 Å². The Labute approximate surface area is 81.8 Å². The molecule has 0 aliphatic carbocycles. The topological polar surface area (TPSA) is 57.5 Å². The third kappa shape index (κ3) is 2.81. The van der Waals surface area contributed by atoms with Crippen LogP contribution in [0, 0.1) is 0 Å². The standard InChI is InChI=1S/C9H10O3.CH3F/c1-9(12,8(10)11)7-5-3-2-4-6-7;1-2/h2-6,12H,1H3,(H,10,11);1H3. The van der Waals surface area contributed by atoms with Crippen LogP contribution in [0.4, 0.5) is 4.39 Å². The molecule has 0 spiro atoms. The zero-order valence-corrected chi connectivity index (χ0v) is 8.07. The van der Waals surface area contributed by atoms with Crippen molar-refractivity contribution >= 4 is 5.97 Å². The minimum atomic E-state index is -1.79. The first-order valence-corrected chi connectivity index (χ1v) is 3.94. The molecule has 0 aliphatic rings. The first-order valence-electron chi connectivity index (χ1n) is 3.94. The zero-order valence-electron chi connectivity index (χ0n) is 8.07. The van der Waals surface area contributed by atoms with Gasteiger partial charge in [0.15, 0.2) is 5.60 Å². The van der Waals surface area contributed by atoms with Gasteiger partial charge in [0.25, 0.3) is 0 Å². The molecule has 1 aromatic rings. The van der Waals surface area contributed by atoms with Gasteiger partial charge in [-0.1, -0.05) is 30.3 Å². The van der Waals surface area contributed by atoms with Gasteiger partial charge in [0.05, 0.1) is 7.18 Å². The molecule has 1 aromatic carbocycles. The van der Waals surface area contributed by atoms with Gasteiger partial charge in [-0.15, -0.1) is 0 Å². The third-order valence-corrected chi connectivity index (χ3v) is 1.75. The number of rotatable bonds is 2. The van der Waals surface area contributed by atoms with E-state index in [0.29, 0.717) is 12.7 Å². The van der Waals surface area contributed by atoms with Crippen LogP contribution >= 0.6 is 0 Å². The lowest BCUT2D eigenvalue weighted by Crippen LogP contribution is -2.31. The van der Waals surface area contributed by atoms with Crippen LogP contribution in [0.3, 0.4) is 0 Å². The van der Waals surface area contributed by atoms with E-state index in [1.54, 1.807) is 30.3 Å². The molecular formula is C10H13FO3. The summed E-state index contributed by atoms with van der Waals surface area (Å²) in [5.74, 6) is -1.24. The molecular weight excluding hydrogens is 187 g/mol. The van der Waals surface area contributed by atoms with Crippen LogP contribution in [0.25, 0.3) is 0 Å². The molecule has 0 heterocycles. The normalized spacial score (nSPS) is 13.4. The Balaban J connectivity index is 0.000000791. The Morgan fingerprint density at radius 3 is 2.07 bits per heavy atom. The van der Waals surface area contributed by atoms with Crippen LogP contribution in [-0.4, -0.2) is 23.4 Å². The number of carboxylic acid groups (broad SMARTS) is 1. The average Bonchev–Trinajstić information content (AvgIpc) is 2.22. The number of halogens is 1. The first kappa shape index (κ1) is 12.6. The van der Waals surface area contributed by atoms with E-state index in [-0.39, 0.29) is 0 Å². The van der Waals surface area contributed by atoms with Gasteiger partial charge in [-0.05, 0) is 12.5 Å². The van der Waals surface area contributed by atoms with Crippen LogP contribution in [-0.2, 0) is 10.4 Å². The van der Waals surface area contributed by atoms with Gasteiger partial charge in [-0.3, -0.25) is 4.39 Å². The summed E-state index contributed by atoms with van der Waals surface area (Å²) in [4.78, 5) is 10.6. The highest BCUT2D eigenvalue weighted by atomic mass is 19.1. The summed E-state index contributed by atoms with van der Waals surface area (Å²) in [5.41, 5.74) is -1.40. The van der Waals surface area contributed by atoms with E-state index in [4.69, 9.17) is 5.11 Å². The Morgan fingerprint density at radius 2 is 1.71 bits per heavy atom. The number of carbonyl (C=O) groups is 1. The molecule has 1 unspecified atom stereocenters. The molecule has 0 radical (unpaired) electrons. The summed E-state index contributed by atoms with van der Waals surface area (Å²) in [6.45, 7) is 1.25. The largest absolute Gasteiger partial charge is 0.479 e. The minimum absolute atomic E-state index is 0.387. The zero-order chi connectivity index (χ0) is 11.2. The van der Waals surface area contributed by atoms with E-state index < -0.39 is 11.6 Å². The summed E-state index contributed by atoms with van der Waals surface area (Å²) in [6.07, 6.45) is 0. The van der Waals surface area contributed by atoms with E-state index in [2.05, 4.69) is 0 Å². The SMILES string of the molecule is CC(O)(C(=O)O)c1ccccc1.CF. The Kier molecular flexibility index (Phi) is 4.80. The van der Waals surface area contributed by atoms with Gasteiger partial charge in [-0.25, -0.2) is 4.79 Å².